The van der Waals surface area contributed by atoms with Crippen molar-refractivity contribution in [1.29, 1.82) is 0 Å². The molecule has 102 valence electrons. The topological polar surface area (TPSA) is 52.2 Å². The van der Waals surface area contributed by atoms with Crippen LogP contribution in [-0.2, 0) is 16.4 Å². The van der Waals surface area contributed by atoms with E-state index in [1.54, 1.807) is 61.0 Å². The number of nitrogens with zero attached hydrogens (tertiary/aromatic N) is 1. The molecule has 0 radical (unpaired) electrons. The molecule has 3 rings (SSSR count). The van der Waals surface area contributed by atoms with Gasteiger partial charge in [0, 0.05) is 18.3 Å². The normalized spacial score (nSPS) is 11.6. The summed E-state index contributed by atoms with van der Waals surface area (Å²) in [5, 5.41) is 0. The van der Waals surface area contributed by atoms with Crippen LogP contribution < -0.4 is 0 Å². The van der Waals surface area contributed by atoms with Crippen LogP contribution in [0.1, 0.15) is 11.5 Å². The van der Waals surface area contributed by atoms with Gasteiger partial charge in [0.2, 0.25) is 0 Å². The number of hydrogen-bond acceptors (Lipinski definition) is 3. The summed E-state index contributed by atoms with van der Waals surface area (Å²) < 4.78 is 31.7. The predicted molar refractivity (Wildman–Crippen MR) is 75.0 cm³/mol. The van der Waals surface area contributed by atoms with Gasteiger partial charge < -0.3 is 4.42 Å². The molecule has 2 heterocycles. The second-order valence-corrected chi connectivity index (χ2v) is 6.18. The summed E-state index contributed by atoms with van der Waals surface area (Å²) >= 11 is 0. The minimum Gasteiger partial charge on any atom is -0.469 e. The van der Waals surface area contributed by atoms with Crippen LogP contribution in [0.5, 0.6) is 0 Å². The van der Waals surface area contributed by atoms with Crippen molar-refractivity contribution in [2.24, 2.45) is 0 Å². The van der Waals surface area contributed by atoms with Gasteiger partial charge in [-0.05, 0) is 36.4 Å². The molecule has 0 bridgehead atoms. The first-order valence-corrected chi connectivity index (χ1v) is 7.61. The van der Waals surface area contributed by atoms with Crippen molar-refractivity contribution in [2.75, 3.05) is 0 Å². The maximum Gasteiger partial charge on any atom is 0.267 e. The third-order valence-corrected chi connectivity index (χ3v) is 4.77. The summed E-state index contributed by atoms with van der Waals surface area (Å²) in [4.78, 5) is 0.275. The lowest BCUT2D eigenvalue weighted by Gasteiger charge is -2.09. The van der Waals surface area contributed by atoms with Gasteiger partial charge >= 0.3 is 0 Å². The van der Waals surface area contributed by atoms with Crippen LogP contribution in [-0.4, -0.2) is 12.4 Å². The highest BCUT2D eigenvalue weighted by Gasteiger charge is 2.19. The fourth-order valence-electron chi connectivity index (χ4n) is 2.07. The van der Waals surface area contributed by atoms with Crippen LogP contribution in [0.4, 0.5) is 0 Å². The summed E-state index contributed by atoms with van der Waals surface area (Å²) in [7, 11) is -3.55. The van der Waals surface area contributed by atoms with E-state index in [2.05, 4.69) is 0 Å². The van der Waals surface area contributed by atoms with Gasteiger partial charge in [0.25, 0.3) is 10.0 Å². The van der Waals surface area contributed by atoms with Crippen LogP contribution >= 0.6 is 0 Å². The number of benzene rings is 1. The Morgan fingerprint density at radius 1 is 0.950 bits per heavy atom. The van der Waals surface area contributed by atoms with E-state index < -0.39 is 10.0 Å². The molecule has 1 aromatic carbocycles. The van der Waals surface area contributed by atoms with Gasteiger partial charge in [-0.25, -0.2) is 12.4 Å². The third-order valence-electron chi connectivity index (χ3n) is 3.03. The second-order valence-electron chi connectivity index (χ2n) is 4.37. The third kappa shape index (κ3) is 2.28. The summed E-state index contributed by atoms with van der Waals surface area (Å²) in [6, 6.07) is 15.5. The molecule has 5 heteroatoms. The molecule has 2 aromatic heterocycles. The Hall–Kier alpha value is -2.27. The number of furan rings is 1. The van der Waals surface area contributed by atoms with E-state index in [4.69, 9.17) is 4.42 Å². The zero-order chi connectivity index (χ0) is 14.0. The quantitative estimate of drug-likeness (QED) is 0.741. The number of aromatic nitrogens is 1. The summed E-state index contributed by atoms with van der Waals surface area (Å²) in [6.07, 6.45) is 3.57. The van der Waals surface area contributed by atoms with E-state index in [-0.39, 0.29) is 4.90 Å². The minimum atomic E-state index is -3.55. The summed E-state index contributed by atoms with van der Waals surface area (Å²) in [5.74, 6) is 0.730. The predicted octanol–water partition coefficient (Wildman–Crippen LogP) is 2.91. The van der Waals surface area contributed by atoms with Crippen molar-refractivity contribution in [2.45, 2.75) is 11.3 Å². The Bertz CT molecular complexity index is 787. The molecule has 0 aliphatic carbocycles. The monoisotopic (exact) mass is 287 g/mol. The summed E-state index contributed by atoms with van der Waals surface area (Å²) in [5.41, 5.74) is 0.670. The van der Waals surface area contributed by atoms with Crippen LogP contribution in [0.25, 0.3) is 0 Å². The largest absolute Gasteiger partial charge is 0.469 e. The van der Waals surface area contributed by atoms with E-state index in [0.29, 0.717) is 12.1 Å². The Morgan fingerprint density at radius 2 is 1.75 bits per heavy atom. The Kier molecular flexibility index (Phi) is 3.20. The second kappa shape index (κ2) is 5.02. The molecular formula is C15H13NO3S. The molecule has 0 aliphatic heterocycles. The average molecular weight is 287 g/mol. The van der Waals surface area contributed by atoms with Gasteiger partial charge in [-0.2, -0.15) is 0 Å². The van der Waals surface area contributed by atoms with E-state index >= 15 is 0 Å². The van der Waals surface area contributed by atoms with Crippen molar-refractivity contribution in [3.8, 4) is 0 Å². The molecule has 0 fully saturated rings. The number of hydrogen-bond donors (Lipinski definition) is 0. The first-order valence-electron chi connectivity index (χ1n) is 6.17. The standard InChI is InChI=1S/C15H13NO3S/c17-20(18,15-8-2-1-3-9-15)16-10-4-6-13(16)12-14-7-5-11-19-14/h1-11H,12H2. The zero-order valence-electron chi connectivity index (χ0n) is 10.6. The maximum atomic E-state index is 12.6. The van der Waals surface area contributed by atoms with E-state index in [1.807, 2.05) is 6.07 Å². The van der Waals surface area contributed by atoms with Gasteiger partial charge in [-0.1, -0.05) is 18.2 Å². The van der Waals surface area contributed by atoms with Crippen molar-refractivity contribution in [1.82, 2.24) is 3.97 Å². The Labute approximate surface area is 117 Å². The molecule has 3 aromatic rings. The van der Waals surface area contributed by atoms with Crippen LogP contribution in [0.3, 0.4) is 0 Å². The molecular weight excluding hydrogens is 274 g/mol. The minimum absolute atomic E-state index is 0.275. The van der Waals surface area contributed by atoms with Crippen molar-refractivity contribution in [3.63, 3.8) is 0 Å². The van der Waals surface area contributed by atoms with Crippen molar-refractivity contribution < 1.29 is 12.8 Å². The van der Waals surface area contributed by atoms with E-state index in [9.17, 15) is 8.42 Å². The molecule has 0 saturated carbocycles. The van der Waals surface area contributed by atoms with E-state index in [0.717, 1.165) is 5.76 Å². The number of rotatable bonds is 4. The van der Waals surface area contributed by atoms with Gasteiger partial charge in [0.15, 0.2) is 0 Å². The Balaban J connectivity index is 2.01. The van der Waals surface area contributed by atoms with Crippen molar-refractivity contribution >= 4 is 10.0 Å². The maximum absolute atomic E-state index is 12.6. The van der Waals surface area contributed by atoms with E-state index in [1.165, 1.54) is 3.97 Å². The molecule has 4 nitrogen and oxygen atoms in total. The van der Waals surface area contributed by atoms with Gasteiger partial charge in [-0.15, -0.1) is 0 Å². The SMILES string of the molecule is O=S(=O)(c1ccccc1)n1cccc1Cc1ccco1. The van der Waals surface area contributed by atoms with Gasteiger partial charge in [0.05, 0.1) is 11.2 Å². The van der Waals surface area contributed by atoms with Crippen LogP contribution in [0, 0.1) is 0 Å². The van der Waals surface area contributed by atoms with Gasteiger partial charge in [-0.3, -0.25) is 0 Å². The fourth-order valence-corrected chi connectivity index (χ4v) is 3.46. The van der Waals surface area contributed by atoms with Crippen LogP contribution in [0.2, 0.25) is 0 Å². The smallest absolute Gasteiger partial charge is 0.267 e. The first kappa shape index (κ1) is 12.7. The average Bonchev–Trinajstić information content (AvgIpc) is 3.12. The summed E-state index contributed by atoms with van der Waals surface area (Å²) in [6.45, 7) is 0. The lowest BCUT2D eigenvalue weighted by atomic mass is 10.2. The van der Waals surface area contributed by atoms with Crippen LogP contribution in [0.15, 0.2) is 76.4 Å². The fraction of sp³-hybridized carbons (Fsp3) is 0.0667. The highest BCUT2D eigenvalue weighted by atomic mass is 32.2. The van der Waals surface area contributed by atoms with Crippen molar-refractivity contribution in [3.05, 3.63) is 78.5 Å². The molecule has 0 spiro atoms. The molecule has 20 heavy (non-hydrogen) atoms. The highest BCUT2D eigenvalue weighted by Crippen LogP contribution is 2.18. The molecule has 0 atom stereocenters. The molecule has 0 amide bonds. The lowest BCUT2D eigenvalue weighted by Crippen LogP contribution is -2.14. The lowest BCUT2D eigenvalue weighted by molar-refractivity contribution is 0.518. The first-order chi connectivity index (χ1) is 9.68. The Morgan fingerprint density at radius 3 is 2.45 bits per heavy atom. The molecule has 0 aliphatic rings. The van der Waals surface area contributed by atoms with Gasteiger partial charge in [0.1, 0.15) is 5.76 Å². The highest BCUT2D eigenvalue weighted by molar-refractivity contribution is 7.90. The molecule has 0 saturated heterocycles. The molecule has 0 N–H and O–H groups in total. The molecule has 0 unspecified atom stereocenters. The zero-order valence-corrected chi connectivity index (χ0v) is 11.5.